The van der Waals surface area contributed by atoms with Crippen LogP contribution in [0.4, 0.5) is 6.01 Å². The summed E-state index contributed by atoms with van der Waals surface area (Å²) in [5.41, 5.74) is 5.34. The fourth-order valence-electron chi connectivity index (χ4n) is 1.52. The Hall–Kier alpha value is -1.14. The lowest BCUT2D eigenvalue weighted by atomic mass is 10.2. The lowest BCUT2D eigenvalue weighted by Crippen LogP contribution is -2.38. The van der Waals surface area contributed by atoms with Crippen molar-refractivity contribution in [3.8, 4) is 0 Å². The van der Waals surface area contributed by atoms with Crippen molar-refractivity contribution in [3.05, 3.63) is 5.82 Å². The highest BCUT2D eigenvalue weighted by Crippen LogP contribution is 2.19. The van der Waals surface area contributed by atoms with Crippen LogP contribution in [-0.4, -0.2) is 41.3 Å². The summed E-state index contributed by atoms with van der Waals surface area (Å²) in [7, 11) is 0. The van der Waals surface area contributed by atoms with Crippen LogP contribution in [0.2, 0.25) is 0 Å². The maximum atomic E-state index is 5.53. The lowest BCUT2D eigenvalue weighted by Gasteiger charge is -2.30. The molecule has 1 fully saturated rings. The summed E-state index contributed by atoms with van der Waals surface area (Å²) in [5.74, 6) is 0.542. The molecule has 0 saturated carbocycles. The summed E-state index contributed by atoms with van der Waals surface area (Å²) < 4.78 is 10.2. The second-order valence-electron chi connectivity index (χ2n) is 3.24. The van der Waals surface area contributed by atoms with Gasteiger partial charge in [-0.2, -0.15) is 4.98 Å². The number of aromatic nitrogens is 2. The second-order valence-corrected chi connectivity index (χ2v) is 3.24. The second kappa shape index (κ2) is 3.93. The standard InChI is InChI=1S/C8H14N4O2/c1-2-12-3-4-13-6(5-12)7-10-8(9)14-11-7/h6H,2-5H2,1H3,(H2,9,10,11). The van der Waals surface area contributed by atoms with Gasteiger partial charge in [0.1, 0.15) is 6.10 Å². The number of anilines is 1. The Morgan fingerprint density at radius 1 is 1.64 bits per heavy atom. The van der Waals surface area contributed by atoms with Crippen molar-refractivity contribution < 1.29 is 9.26 Å². The molecule has 78 valence electrons. The Labute approximate surface area is 82.0 Å². The molecule has 1 aliphatic rings. The van der Waals surface area contributed by atoms with Crippen LogP contribution in [0.5, 0.6) is 0 Å². The molecule has 1 aromatic rings. The summed E-state index contributed by atoms with van der Waals surface area (Å²) in [4.78, 5) is 6.23. The van der Waals surface area contributed by atoms with Gasteiger partial charge in [0.15, 0.2) is 0 Å². The molecule has 0 aliphatic carbocycles. The SMILES string of the molecule is CCN1CCOC(c2noc(N)n2)C1. The Balaban J connectivity index is 2.04. The van der Waals surface area contributed by atoms with Crippen LogP contribution in [0, 0.1) is 0 Å². The molecule has 0 aromatic carbocycles. The smallest absolute Gasteiger partial charge is 0.318 e. The minimum atomic E-state index is -0.107. The van der Waals surface area contributed by atoms with Gasteiger partial charge in [-0.25, -0.2) is 0 Å². The molecule has 0 spiro atoms. The number of hydrogen-bond acceptors (Lipinski definition) is 6. The van der Waals surface area contributed by atoms with E-state index in [0.29, 0.717) is 12.4 Å². The molecular weight excluding hydrogens is 184 g/mol. The van der Waals surface area contributed by atoms with E-state index in [1.165, 1.54) is 0 Å². The van der Waals surface area contributed by atoms with Crippen LogP contribution < -0.4 is 5.73 Å². The van der Waals surface area contributed by atoms with Crippen LogP contribution >= 0.6 is 0 Å². The van der Waals surface area contributed by atoms with Gasteiger partial charge in [0.25, 0.3) is 0 Å². The first kappa shape index (κ1) is 9.42. The van der Waals surface area contributed by atoms with Gasteiger partial charge in [0.05, 0.1) is 6.61 Å². The van der Waals surface area contributed by atoms with Crippen molar-refractivity contribution in [2.75, 3.05) is 32.0 Å². The van der Waals surface area contributed by atoms with Gasteiger partial charge >= 0.3 is 6.01 Å². The van der Waals surface area contributed by atoms with Gasteiger partial charge in [-0.3, -0.25) is 4.90 Å². The van der Waals surface area contributed by atoms with E-state index in [1.807, 2.05) is 0 Å². The van der Waals surface area contributed by atoms with Gasteiger partial charge in [-0.15, -0.1) is 0 Å². The van der Waals surface area contributed by atoms with Crippen LogP contribution in [0.25, 0.3) is 0 Å². The molecule has 2 rings (SSSR count). The van der Waals surface area contributed by atoms with E-state index in [4.69, 9.17) is 15.0 Å². The van der Waals surface area contributed by atoms with E-state index in [2.05, 4.69) is 22.0 Å². The molecule has 1 atom stereocenters. The van der Waals surface area contributed by atoms with Crippen LogP contribution in [0.15, 0.2) is 4.52 Å². The van der Waals surface area contributed by atoms with Gasteiger partial charge < -0.3 is 15.0 Å². The van der Waals surface area contributed by atoms with E-state index < -0.39 is 0 Å². The van der Waals surface area contributed by atoms with Crippen LogP contribution in [0.3, 0.4) is 0 Å². The van der Waals surface area contributed by atoms with E-state index in [0.717, 1.165) is 19.6 Å². The van der Waals surface area contributed by atoms with Crippen molar-refractivity contribution in [1.29, 1.82) is 0 Å². The maximum Gasteiger partial charge on any atom is 0.318 e. The number of rotatable bonds is 2. The molecule has 0 bridgehead atoms. The van der Waals surface area contributed by atoms with E-state index >= 15 is 0 Å². The van der Waals surface area contributed by atoms with Crippen molar-refractivity contribution in [2.45, 2.75) is 13.0 Å². The predicted octanol–water partition coefficient (Wildman–Crippen LogP) is 0.0450. The lowest BCUT2D eigenvalue weighted by molar-refractivity contribution is -0.0334. The minimum Gasteiger partial charge on any atom is -0.367 e. The maximum absolute atomic E-state index is 5.53. The Morgan fingerprint density at radius 3 is 3.14 bits per heavy atom. The Kier molecular flexibility index (Phi) is 2.64. The van der Waals surface area contributed by atoms with Crippen molar-refractivity contribution >= 4 is 6.01 Å². The Morgan fingerprint density at radius 2 is 2.50 bits per heavy atom. The molecule has 0 amide bonds. The summed E-state index contributed by atoms with van der Waals surface area (Å²) >= 11 is 0. The number of likely N-dealkylation sites (N-methyl/N-ethyl adjacent to an activating group) is 1. The van der Waals surface area contributed by atoms with E-state index in [9.17, 15) is 0 Å². The molecule has 1 saturated heterocycles. The molecule has 1 aromatic heterocycles. The van der Waals surface area contributed by atoms with Gasteiger partial charge in [-0.1, -0.05) is 12.1 Å². The molecule has 2 heterocycles. The van der Waals surface area contributed by atoms with Crippen molar-refractivity contribution in [1.82, 2.24) is 15.0 Å². The number of nitrogens with zero attached hydrogens (tertiary/aromatic N) is 3. The van der Waals surface area contributed by atoms with Gasteiger partial charge in [0.2, 0.25) is 5.82 Å². The summed E-state index contributed by atoms with van der Waals surface area (Å²) in [5, 5.41) is 3.75. The first-order valence-electron chi connectivity index (χ1n) is 4.72. The normalized spacial score (nSPS) is 23.9. The third-order valence-corrected chi connectivity index (χ3v) is 2.34. The minimum absolute atomic E-state index is 0.0946. The van der Waals surface area contributed by atoms with E-state index in [1.54, 1.807) is 0 Å². The fourth-order valence-corrected chi connectivity index (χ4v) is 1.52. The summed E-state index contributed by atoms with van der Waals surface area (Å²) in [6, 6.07) is 0.0946. The predicted molar refractivity (Wildman–Crippen MR) is 49.5 cm³/mol. The third-order valence-electron chi connectivity index (χ3n) is 2.34. The zero-order valence-corrected chi connectivity index (χ0v) is 8.14. The molecule has 1 aliphatic heterocycles. The molecular formula is C8H14N4O2. The molecule has 0 radical (unpaired) electrons. The number of morpholine rings is 1. The zero-order chi connectivity index (χ0) is 9.97. The first-order chi connectivity index (χ1) is 6.79. The van der Waals surface area contributed by atoms with E-state index in [-0.39, 0.29) is 12.1 Å². The van der Waals surface area contributed by atoms with Gasteiger partial charge in [0, 0.05) is 13.1 Å². The average Bonchev–Trinajstić information content (AvgIpc) is 2.65. The summed E-state index contributed by atoms with van der Waals surface area (Å²) in [6.45, 7) is 5.59. The number of nitrogens with two attached hydrogens (primary N) is 1. The molecule has 6 heteroatoms. The largest absolute Gasteiger partial charge is 0.367 e. The summed E-state index contributed by atoms with van der Waals surface area (Å²) in [6.07, 6.45) is -0.107. The third kappa shape index (κ3) is 1.85. The monoisotopic (exact) mass is 198 g/mol. The fraction of sp³-hybridized carbons (Fsp3) is 0.750. The van der Waals surface area contributed by atoms with Crippen LogP contribution in [0.1, 0.15) is 18.9 Å². The van der Waals surface area contributed by atoms with Crippen LogP contribution in [-0.2, 0) is 4.74 Å². The highest BCUT2D eigenvalue weighted by molar-refractivity contribution is 5.09. The van der Waals surface area contributed by atoms with Gasteiger partial charge in [-0.05, 0) is 6.54 Å². The number of hydrogen-bond donors (Lipinski definition) is 1. The van der Waals surface area contributed by atoms with Crippen molar-refractivity contribution in [2.24, 2.45) is 0 Å². The zero-order valence-electron chi connectivity index (χ0n) is 8.14. The number of ether oxygens (including phenoxy) is 1. The topological polar surface area (TPSA) is 77.4 Å². The first-order valence-corrected chi connectivity index (χ1v) is 4.72. The molecule has 6 nitrogen and oxygen atoms in total. The van der Waals surface area contributed by atoms with Crippen molar-refractivity contribution in [3.63, 3.8) is 0 Å². The highest BCUT2D eigenvalue weighted by Gasteiger charge is 2.24. The molecule has 1 unspecified atom stereocenters. The molecule has 14 heavy (non-hydrogen) atoms. The Bertz CT molecular complexity index is 301. The average molecular weight is 198 g/mol. The highest BCUT2D eigenvalue weighted by atomic mass is 16.5. The molecule has 2 N–H and O–H groups in total. The quantitative estimate of drug-likeness (QED) is 0.723. The number of nitrogen functional groups attached to an aromatic ring is 1.